The van der Waals surface area contributed by atoms with Gasteiger partial charge in [0.25, 0.3) is 0 Å². The fraction of sp³-hybridized carbons (Fsp3) is 1.00. The molecule has 0 aliphatic heterocycles. The third-order valence-electron chi connectivity index (χ3n) is 2.21. The first-order valence-electron chi connectivity index (χ1n) is 7.43. The Morgan fingerprint density at radius 2 is 1.00 bits per heavy atom. The van der Waals surface area contributed by atoms with E-state index in [1.54, 1.807) is 0 Å². The molecule has 0 aliphatic rings. The van der Waals surface area contributed by atoms with E-state index in [0.29, 0.717) is 0 Å². The van der Waals surface area contributed by atoms with Crippen LogP contribution in [0.4, 0.5) is 0 Å². The quantitative estimate of drug-likeness (QED) is 0.570. The fourth-order valence-electron chi connectivity index (χ4n) is 2.28. The van der Waals surface area contributed by atoms with Gasteiger partial charge in [-0.15, -0.1) is 0 Å². The molecule has 0 unspecified atom stereocenters. The van der Waals surface area contributed by atoms with E-state index < -0.39 is 43.9 Å². The first-order chi connectivity index (χ1) is 9.04. The molecule has 0 rings (SSSR count). The van der Waals surface area contributed by atoms with Gasteiger partial charge in [-0.3, -0.25) is 0 Å². The Kier molecular flexibility index (Phi) is 7.96. The highest BCUT2D eigenvalue weighted by atomic mass is 28.5. The summed E-state index contributed by atoms with van der Waals surface area (Å²) in [5.74, 6) is 0. The van der Waals surface area contributed by atoms with E-state index in [4.69, 9.17) is 16.5 Å². The van der Waals surface area contributed by atoms with Crippen LogP contribution in [0.5, 0.6) is 0 Å². The van der Waals surface area contributed by atoms with Gasteiger partial charge < -0.3 is 21.0 Å². The SMILES string of the molecule is CN(C)[SiH2]O[Si](C)(C)O[Si](C)(C)O[Si](C)(C)O[Si](C)(C)C. The third kappa shape index (κ3) is 12.0. The zero-order chi connectivity index (χ0) is 17.1. The van der Waals surface area contributed by atoms with Crippen LogP contribution in [0.2, 0.25) is 58.9 Å². The average Bonchev–Trinajstić information content (AvgIpc) is 2.05. The van der Waals surface area contributed by atoms with E-state index in [1.807, 2.05) is 14.1 Å². The molecule has 5 nitrogen and oxygen atoms in total. The number of hydrogen-bond donors (Lipinski definition) is 0. The van der Waals surface area contributed by atoms with Gasteiger partial charge in [0.15, 0.2) is 8.32 Å². The summed E-state index contributed by atoms with van der Waals surface area (Å²) in [6, 6.07) is 0. The van der Waals surface area contributed by atoms with E-state index in [-0.39, 0.29) is 0 Å². The highest BCUT2D eigenvalue weighted by Gasteiger charge is 2.43. The van der Waals surface area contributed by atoms with E-state index in [9.17, 15) is 0 Å². The molecule has 0 fully saturated rings. The van der Waals surface area contributed by atoms with Crippen LogP contribution < -0.4 is 0 Å². The fourth-order valence-corrected chi connectivity index (χ4v) is 21.8. The molecule has 10 heteroatoms. The van der Waals surface area contributed by atoms with E-state index >= 15 is 0 Å². The van der Waals surface area contributed by atoms with Crippen molar-refractivity contribution in [1.29, 1.82) is 0 Å². The average molecular weight is 386 g/mol. The van der Waals surface area contributed by atoms with E-state index in [2.05, 4.69) is 63.5 Å². The molecule has 0 aromatic heterocycles. The summed E-state index contributed by atoms with van der Waals surface area (Å²) in [5, 5.41) is 0. The highest BCUT2D eigenvalue weighted by Crippen LogP contribution is 2.23. The topological polar surface area (TPSA) is 40.2 Å². The van der Waals surface area contributed by atoms with Crippen molar-refractivity contribution in [1.82, 2.24) is 4.57 Å². The maximum absolute atomic E-state index is 6.37. The van der Waals surface area contributed by atoms with Crippen LogP contribution >= 0.6 is 0 Å². The van der Waals surface area contributed by atoms with Gasteiger partial charge >= 0.3 is 25.7 Å². The molecule has 0 N–H and O–H groups in total. The van der Waals surface area contributed by atoms with Crippen molar-refractivity contribution in [2.75, 3.05) is 14.1 Å². The lowest BCUT2D eigenvalue weighted by molar-refractivity contribution is 0.299. The minimum atomic E-state index is -2.25. The zero-order valence-electron chi connectivity index (χ0n) is 15.8. The molecule has 0 radical (unpaired) electrons. The summed E-state index contributed by atoms with van der Waals surface area (Å²) < 4.78 is 27.2. The predicted octanol–water partition coefficient (Wildman–Crippen LogP) is 2.55. The van der Waals surface area contributed by atoms with Gasteiger partial charge in [-0.25, -0.2) is 0 Å². The van der Waals surface area contributed by atoms with E-state index in [1.165, 1.54) is 0 Å². The molecule has 21 heavy (non-hydrogen) atoms. The summed E-state index contributed by atoms with van der Waals surface area (Å²) in [6.45, 7) is 19.3. The zero-order valence-corrected chi connectivity index (χ0v) is 21.2. The maximum Gasteiger partial charge on any atom is 0.314 e. The maximum atomic E-state index is 6.37. The Morgan fingerprint density at radius 3 is 1.38 bits per heavy atom. The Labute approximate surface area is 138 Å². The van der Waals surface area contributed by atoms with Crippen molar-refractivity contribution >= 4 is 43.9 Å². The summed E-state index contributed by atoms with van der Waals surface area (Å²) >= 11 is 0. The second-order valence-electron chi connectivity index (χ2n) is 7.97. The van der Waals surface area contributed by atoms with Crippen LogP contribution in [-0.2, 0) is 16.5 Å². The van der Waals surface area contributed by atoms with Gasteiger partial charge in [-0.1, -0.05) is 0 Å². The lowest BCUT2D eigenvalue weighted by atomic mass is 11.3. The molecule has 0 bridgehead atoms. The Balaban J connectivity index is 4.67. The van der Waals surface area contributed by atoms with Gasteiger partial charge in [0, 0.05) is 0 Å². The van der Waals surface area contributed by atoms with Crippen molar-refractivity contribution in [2.24, 2.45) is 0 Å². The summed E-state index contributed by atoms with van der Waals surface area (Å²) in [6.07, 6.45) is 0. The molecule has 0 aromatic rings. The van der Waals surface area contributed by atoms with Crippen LogP contribution in [0, 0.1) is 0 Å². The molecule has 0 spiro atoms. The Morgan fingerprint density at radius 1 is 0.619 bits per heavy atom. The highest BCUT2D eigenvalue weighted by molar-refractivity contribution is 6.88. The van der Waals surface area contributed by atoms with Gasteiger partial charge in [0.05, 0.1) is 0 Å². The molecule has 128 valence electrons. The molecular weight excluding hydrogens is 351 g/mol. The molecule has 0 saturated carbocycles. The van der Waals surface area contributed by atoms with Crippen LogP contribution in [0.1, 0.15) is 0 Å². The summed E-state index contributed by atoms with van der Waals surface area (Å²) in [4.78, 5) is 0. The lowest BCUT2D eigenvalue weighted by Crippen LogP contribution is -2.57. The first-order valence-corrected chi connectivity index (χ1v) is 20.5. The number of hydrogen-bond acceptors (Lipinski definition) is 5. The van der Waals surface area contributed by atoms with Crippen LogP contribution in [-0.4, -0.2) is 62.6 Å². The minimum Gasteiger partial charge on any atom is -0.437 e. The van der Waals surface area contributed by atoms with Crippen LogP contribution in [0.15, 0.2) is 0 Å². The predicted molar refractivity (Wildman–Crippen MR) is 102 cm³/mol. The van der Waals surface area contributed by atoms with Crippen molar-refractivity contribution < 1.29 is 16.5 Å². The van der Waals surface area contributed by atoms with Crippen LogP contribution in [0.25, 0.3) is 0 Å². The normalized spacial score (nSPS) is 15.4. The van der Waals surface area contributed by atoms with E-state index in [0.717, 1.165) is 0 Å². The number of rotatable bonds is 9. The van der Waals surface area contributed by atoms with Gasteiger partial charge in [0.1, 0.15) is 0 Å². The monoisotopic (exact) mass is 385 g/mol. The van der Waals surface area contributed by atoms with Gasteiger partial charge in [-0.2, -0.15) is 0 Å². The molecule has 0 saturated heterocycles. The second-order valence-corrected chi connectivity index (χ2v) is 25.7. The van der Waals surface area contributed by atoms with Crippen molar-refractivity contribution in [3.63, 3.8) is 0 Å². The Hall–Kier alpha value is 0.884. The summed E-state index contributed by atoms with van der Waals surface area (Å²) in [5.41, 5.74) is 0. The van der Waals surface area contributed by atoms with Crippen molar-refractivity contribution in [3.8, 4) is 0 Å². The second kappa shape index (κ2) is 7.64. The molecule has 0 atom stereocenters. The summed E-state index contributed by atoms with van der Waals surface area (Å²) in [7, 11) is -4.70. The van der Waals surface area contributed by atoms with Crippen molar-refractivity contribution in [2.45, 2.75) is 58.9 Å². The lowest BCUT2D eigenvalue weighted by Gasteiger charge is -2.40. The molecule has 0 amide bonds. The standard InChI is InChI=1S/C11H35NO4Si5/c1-12(2)17-13-19(6,7)15-21(10,11)16-20(8,9)14-18(3,4)5/h17H2,1-11H3. The first kappa shape index (κ1) is 21.9. The van der Waals surface area contributed by atoms with Gasteiger partial charge in [-0.05, 0) is 73.0 Å². The van der Waals surface area contributed by atoms with Gasteiger partial charge in [0.2, 0.25) is 9.92 Å². The third-order valence-corrected chi connectivity index (χ3v) is 18.3. The minimum absolute atomic E-state index is 0.673. The molecular formula is C11H35NO4Si5. The van der Waals surface area contributed by atoms with Crippen molar-refractivity contribution in [3.05, 3.63) is 0 Å². The molecule has 0 aromatic carbocycles. The van der Waals surface area contributed by atoms with Crippen LogP contribution in [0.3, 0.4) is 0 Å². The largest absolute Gasteiger partial charge is 0.437 e. The molecule has 0 heterocycles. The smallest absolute Gasteiger partial charge is 0.314 e. The number of nitrogens with zero attached hydrogens (tertiary/aromatic N) is 1. The Bertz CT molecular complexity index is 331. The molecule has 0 aliphatic carbocycles.